The van der Waals surface area contributed by atoms with E-state index in [0.29, 0.717) is 56.6 Å². The number of likely N-dealkylation sites (tertiary alicyclic amines) is 1. The van der Waals surface area contributed by atoms with Crippen molar-refractivity contribution in [1.82, 2.24) is 20.5 Å². The first-order valence-electron chi connectivity index (χ1n) is 13.2. The summed E-state index contributed by atoms with van der Waals surface area (Å²) < 4.78 is 5.95. The Morgan fingerprint density at radius 3 is 2.69 bits per heavy atom. The molecule has 1 unspecified atom stereocenters. The second kappa shape index (κ2) is 11.0. The van der Waals surface area contributed by atoms with Crippen molar-refractivity contribution in [3.8, 4) is 11.5 Å². The number of aryl methyl sites for hydroxylation is 1. The van der Waals surface area contributed by atoms with E-state index in [1.165, 1.54) is 16.2 Å². The Balaban J connectivity index is 1.23. The van der Waals surface area contributed by atoms with Crippen LogP contribution in [0.3, 0.4) is 0 Å². The Labute approximate surface area is 243 Å². The van der Waals surface area contributed by atoms with E-state index < -0.39 is 12.1 Å². The highest BCUT2D eigenvalue weighted by molar-refractivity contribution is 7.21. The van der Waals surface area contributed by atoms with Gasteiger partial charge in [-0.05, 0) is 55.3 Å². The largest absolute Gasteiger partial charge is 0.465 e. The molecule has 2 aliphatic rings. The molecule has 0 saturated carbocycles. The van der Waals surface area contributed by atoms with Gasteiger partial charge in [0.25, 0.3) is 5.91 Å². The summed E-state index contributed by atoms with van der Waals surface area (Å²) in [5.74, 6) is 0.605. The third kappa shape index (κ3) is 5.17. The summed E-state index contributed by atoms with van der Waals surface area (Å²) in [4.78, 5) is 58.3. The highest BCUT2D eigenvalue weighted by atomic mass is 32.1. The van der Waals surface area contributed by atoms with Gasteiger partial charge in [-0.1, -0.05) is 18.2 Å². The molecule has 2 aromatic carbocycles. The Morgan fingerprint density at radius 1 is 1.12 bits per heavy atom. The molecule has 2 aromatic heterocycles. The van der Waals surface area contributed by atoms with Crippen LogP contribution < -0.4 is 25.6 Å². The van der Waals surface area contributed by atoms with Crippen molar-refractivity contribution in [2.45, 2.75) is 19.4 Å². The number of rotatable bonds is 7. The van der Waals surface area contributed by atoms with Crippen molar-refractivity contribution in [2.75, 3.05) is 29.9 Å². The lowest BCUT2D eigenvalue weighted by molar-refractivity contribution is -0.129. The molecule has 1 saturated heterocycles. The maximum absolute atomic E-state index is 13.5. The van der Waals surface area contributed by atoms with E-state index in [9.17, 15) is 19.2 Å². The quantitative estimate of drug-likeness (QED) is 0.245. The first-order valence-corrected chi connectivity index (χ1v) is 14.0. The third-order valence-corrected chi connectivity index (χ3v) is 8.20. The lowest BCUT2D eigenvalue weighted by Crippen LogP contribution is -2.42. The molecule has 42 heavy (non-hydrogen) atoms. The number of thiophene rings is 1. The Bertz CT molecular complexity index is 1720. The summed E-state index contributed by atoms with van der Waals surface area (Å²) in [6.07, 6.45) is 0.862. The van der Waals surface area contributed by atoms with Crippen molar-refractivity contribution >= 4 is 62.6 Å². The molecule has 13 heteroatoms. The number of benzene rings is 2. The van der Waals surface area contributed by atoms with Crippen LogP contribution in [-0.4, -0.2) is 64.6 Å². The predicted molar refractivity (Wildman–Crippen MR) is 157 cm³/mol. The molecule has 4 aromatic rings. The Hall–Kier alpha value is -5.17. The fourth-order valence-corrected chi connectivity index (χ4v) is 6.19. The number of hydrogen-bond acceptors (Lipinski definition) is 7. The maximum atomic E-state index is 13.5. The lowest BCUT2D eigenvalue weighted by atomic mass is 10.1. The average molecular weight is 587 g/mol. The molecular weight excluding hydrogens is 560 g/mol. The van der Waals surface area contributed by atoms with Crippen molar-refractivity contribution in [2.24, 2.45) is 0 Å². The van der Waals surface area contributed by atoms with Crippen LogP contribution in [0.2, 0.25) is 0 Å². The molecule has 4 heterocycles. The van der Waals surface area contributed by atoms with Gasteiger partial charge in [-0.15, -0.1) is 11.3 Å². The lowest BCUT2D eigenvalue weighted by Gasteiger charge is -2.29. The molecule has 0 bridgehead atoms. The molecule has 12 nitrogen and oxygen atoms in total. The molecule has 0 radical (unpaired) electrons. The zero-order valence-electron chi connectivity index (χ0n) is 22.4. The summed E-state index contributed by atoms with van der Waals surface area (Å²) in [6, 6.07) is 15.9. The summed E-state index contributed by atoms with van der Waals surface area (Å²) in [5.41, 5.74) is 2.49. The van der Waals surface area contributed by atoms with E-state index in [1.807, 2.05) is 49.4 Å². The SMILES string of the molecule is Cc1cc(Oc2ccccc2)ccc1N1C(=O)Nc2c(C(=O)NC3CCN(C(=O)CNC(=O)O)C3)sc3nccc1c23. The van der Waals surface area contributed by atoms with Crippen molar-refractivity contribution in [1.29, 1.82) is 0 Å². The van der Waals surface area contributed by atoms with Crippen molar-refractivity contribution in [3.63, 3.8) is 0 Å². The molecule has 5 amide bonds. The van der Waals surface area contributed by atoms with Crippen LogP contribution in [0.5, 0.6) is 11.5 Å². The van der Waals surface area contributed by atoms with E-state index >= 15 is 0 Å². The van der Waals surface area contributed by atoms with E-state index in [4.69, 9.17) is 9.84 Å². The fourth-order valence-electron chi connectivity index (χ4n) is 5.17. The number of pyridine rings is 1. The van der Waals surface area contributed by atoms with Crippen LogP contribution in [0.4, 0.5) is 26.7 Å². The van der Waals surface area contributed by atoms with Crippen LogP contribution >= 0.6 is 11.3 Å². The molecule has 0 aliphatic carbocycles. The van der Waals surface area contributed by atoms with Gasteiger partial charge in [-0.25, -0.2) is 14.6 Å². The summed E-state index contributed by atoms with van der Waals surface area (Å²) >= 11 is 1.18. The Morgan fingerprint density at radius 2 is 1.93 bits per heavy atom. The van der Waals surface area contributed by atoms with Gasteiger partial charge >= 0.3 is 12.1 Å². The number of para-hydroxylation sites is 1. The fraction of sp³-hybridized carbons (Fsp3) is 0.207. The van der Waals surface area contributed by atoms with Crippen LogP contribution in [0.1, 0.15) is 21.7 Å². The van der Waals surface area contributed by atoms with E-state index in [0.717, 1.165) is 5.56 Å². The number of amides is 5. The predicted octanol–water partition coefficient (Wildman–Crippen LogP) is 4.68. The van der Waals surface area contributed by atoms with Gasteiger partial charge in [0.2, 0.25) is 5.91 Å². The van der Waals surface area contributed by atoms with Gasteiger partial charge in [-0.3, -0.25) is 14.5 Å². The number of aromatic nitrogens is 1. The average Bonchev–Trinajstić information content (AvgIpc) is 3.59. The van der Waals surface area contributed by atoms with Crippen molar-refractivity contribution in [3.05, 3.63) is 71.2 Å². The highest BCUT2D eigenvalue weighted by Crippen LogP contribution is 2.46. The number of ether oxygens (including phenoxy) is 1. The third-order valence-electron chi connectivity index (χ3n) is 7.11. The van der Waals surface area contributed by atoms with Crippen LogP contribution in [-0.2, 0) is 4.79 Å². The number of nitrogens with one attached hydrogen (secondary N) is 3. The standard InChI is InChI=1S/C29H26N6O6S/c1-16-13-19(41-18-5-3-2-4-6-18)7-8-20(16)35-21-9-11-30-27-23(21)24(33-28(35)38)25(42-27)26(37)32-17-10-12-34(15-17)22(36)14-31-29(39)40/h2-9,11,13,17,31H,10,12,14-15H2,1H3,(H,32,37)(H,33,38)(H,39,40). The molecule has 1 atom stereocenters. The monoisotopic (exact) mass is 586 g/mol. The van der Waals surface area contributed by atoms with Gasteiger partial charge in [0.05, 0.1) is 22.4 Å². The summed E-state index contributed by atoms with van der Waals surface area (Å²) in [6.45, 7) is 2.24. The number of anilines is 3. The minimum atomic E-state index is -1.27. The zero-order valence-corrected chi connectivity index (χ0v) is 23.2. The normalized spacial score (nSPS) is 15.8. The van der Waals surface area contributed by atoms with Gasteiger partial charge in [-0.2, -0.15) is 0 Å². The first kappa shape index (κ1) is 27.0. The molecule has 6 rings (SSSR count). The summed E-state index contributed by atoms with van der Waals surface area (Å²) in [5, 5.41) is 17.3. The smallest absolute Gasteiger partial charge is 0.405 e. The first-order chi connectivity index (χ1) is 20.3. The number of urea groups is 1. The minimum Gasteiger partial charge on any atom is -0.465 e. The number of carbonyl (C=O) groups is 4. The van der Waals surface area contributed by atoms with Crippen LogP contribution in [0.15, 0.2) is 60.8 Å². The van der Waals surface area contributed by atoms with E-state index in [1.54, 1.807) is 23.2 Å². The van der Waals surface area contributed by atoms with Crippen LogP contribution in [0.25, 0.3) is 10.2 Å². The molecule has 2 aliphatic heterocycles. The van der Waals surface area contributed by atoms with Gasteiger partial charge in [0.15, 0.2) is 0 Å². The molecule has 214 valence electrons. The van der Waals surface area contributed by atoms with Gasteiger partial charge in [0.1, 0.15) is 27.8 Å². The number of hydrogen-bond donors (Lipinski definition) is 4. The van der Waals surface area contributed by atoms with E-state index in [2.05, 4.69) is 20.9 Å². The maximum Gasteiger partial charge on any atom is 0.405 e. The van der Waals surface area contributed by atoms with E-state index in [-0.39, 0.29) is 30.9 Å². The second-order valence-corrected chi connectivity index (χ2v) is 10.9. The number of nitrogens with zero attached hydrogens (tertiary/aromatic N) is 3. The van der Waals surface area contributed by atoms with Gasteiger partial charge in [0, 0.05) is 25.3 Å². The number of carboxylic acid groups (broad SMARTS) is 1. The molecule has 0 spiro atoms. The van der Waals surface area contributed by atoms with Crippen molar-refractivity contribution < 1.29 is 29.0 Å². The van der Waals surface area contributed by atoms with Crippen LogP contribution in [0, 0.1) is 6.92 Å². The highest BCUT2D eigenvalue weighted by Gasteiger charge is 2.35. The molecular formula is C29H26N6O6S. The van der Waals surface area contributed by atoms with Gasteiger partial charge < -0.3 is 30.7 Å². The molecule has 1 fully saturated rings. The molecule has 4 N–H and O–H groups in total. The minimum absolute atomic E-state index is 0.263. The Kier molecular flexibility index (Phi) is 7.08. The topological polar surface area (TPSA) is 153 Å². The summed E-state index contributed by atoms with van der Waals surface area (Å²) in [7, 11) is 0. The second-order valence-electron chi connectivity index (χ2n) is 9.90. The number of carbonyl (C=O) groups excluding carboxylic acids is 3. The zero-order chi connectivity index (χ0) is 29.4.